The van der Waals surface area contributed by atoms with Crippen LogP contribution in [0.1, 0.15) is 10.4 Å². The normalized spacial score (nSPS) is 11.8. The van der Waals surface area contributed by atoms with Crippen molar-refractivity contribution in [2.45, 2.75) is 6.42 Å². The molecule has 1 heterocycles. The molecule has 6 heteroatoms. The summed E-state index contributed by atoms with van der Waals surface area (Å²) >= 11 is 3.86. The Balaban J connectivity index is 1.82. The van der Waals surface area contributed by atoms with Crippen LogP contribution < -0.4 is 13.2 Å². The second-order valence-electron chi connectivity index (χ2n) is 6.21. The van der Waals surface area contributed by atoms with Crippen LogP contribution in [-0.4, -0.2) is 26.2 Å². The van der Waals surface area contributed by atoms with Crippen LogP contribution in [0.2, 0.25) is 0 Å². The number of hydrogen-bond acceptors (Lipinski definition) is 5. The number of ether oxygens (including phenoxy) is 1. The number of methoxy groups -OCH3 is 1. The summed E-state index contributed by atoms with van der Waals surface area (Å²) in [6.07, 6.45) is 0.927. The van der Waals surface area contributed by atoms with Crippen LogP contribution in [0, 0.1) is 0 Å². The van der Waals surface area contributed by atoms with Crippen molar-refractivity contribution in [3.05, 3.63) is 46.8 Å². The molecule has 1 aromatic heterocycles. The number of thiazole rings is 1. The highest BCUT2D eigenvalue weighted by Crippen LogP contribution is 2.45. The number of benzene rings is 2. The molecule has 0 atom stereocenters. The molecule has 4 rings (SSSR count). The van der Waals surface area contributed by atoms with Gasteiger partial charge in [-0.15, -0.1) is 11.3 Å². The second-order valence-corrected chi connectivity index (χ2v) is 7.84. The fourth-order valence-corrected chi connectivity index (χ4v) is 4.56. The van der Waals surface area contributed by atoms with Crippen molar-refractivity contribution in [2.75, 3.05) is 29.6 Å². The van der Waals surface area contributed by atoms with Crippen molar-refractivity contribution >= 4 is 45.0 Å². The van der Waals surface area contributed by atoms with Gasteiger partial charge in [0.1, 0.15) is 5.75 Å². The summed E-state index contributed by atoms with van der Waals surface area (Å²) in [4.78, 5) is 8.15. The zero-order chi connectivity index (χ0) is 17.6. The summed E-state index contributed by atoms with van der Waals surface area (Å²) in [6.45, 7) is 0. The number of rotatable bonds is 4. The summed E-state index contributed by atoms with van der Waals surface area (Å²) in [6, 6.07) is 12.9. The molecular weight excluding hydrogens is 445 g/mol. The third-order valence-corrected chi connectivity index (χ3v) is 6.35. The first kappa shape index (κ1) is 16.7. The summed E-state index contributed by atoms with van der Waals surface area (Å²) in [5, 5.41) is 0.962. The summed E-state index contributed by atoms with van der Waals surface area (Å²) in [5.74, 6) is 0.916. The molecule has 1 aliphatic carbocycles. The molecule has 0 amide bonds. The summed E-state index contributed by atoms with van der Waals surface area (Å²) < 4.78 is 8.80. The first-order valence-corrected chi connectivity index (χ1v) is 9.85. The lowest BCUT2D eigenvalue weighted by molar-refractivity contribution is 0.416. The van der Waals surface area contributed by atoms with Crippen LogP contribution >= 0.6 is 34.2 Å². The number of halogens is 1. The topological polar surface area (TPSA) is 37.4 Å². The minimum absolute atomic E-state index is 0.916. The van der Waals surface area contributed by atoms with Gasteiger partial charge in [0.15, 0.2) is 5.13 Å². The molecule has 25 heavy (non-hydrogen) atoms. The second kappa shape index (κ2) is 6.49. The Kier molecular flexibility index (Phi) is 4.33. The molecular formula is C19H18IN3OS. The average Bonchev–Trinajstić information content (AvgIpc) is 3.17. The molecule has 1 aliphatic rings. The molecule has 3 aromatic rings. The van der Waals surface area contributed by atoms with E-state index in [-0.39, 0.29) is 0 Å². The third kappa shape index (κ3) is 2.87. The third-order valence-electron chi connectivity index (χ3n) is 4.50. The van der Waals surface area contributed by atoms with Crippen molar-refractivity contribution < 1.29 is 4.74 Å². The first-order valence-electron chi connectivity index (χ1n) is 7.96. The Labute approximate surface area is 165 Å². The fourth-order valence-electron chi connectivity index (χ4n) is 3.22. The lowest BCUT2D eigenvalue weighted by Gasteiger charge is -2.15. The van der Waals surface area contributed by atoms with Gasteiger partial charge in [0.2, 0.25) is 0 Å². The molecule has 0 aliphatic heterocycles. The van der Waals surface area contributed by atoms with E-state index >= 15 is 0 Å². The number of nitrogens with one attached hydrogen (secondary N) is 1. The molecule has 0 fully saturated rings. The van der Waals surface area contributed by atoms with Crippen molar-refractivity contribution in [1.29, 1.82) is 0 Å². The average molecular weight is 463 g/mol. The van der Waals surface area contributed by atoms with Gasteiger partial charge in [-0.2, -0.15) is 0 Å². The Bertz CT molecular complexity index is 935. The Morgan fingerprint density at radius 3 is 2.56 bits per heavy atom. The fraction of sp³-hybridized carbons (Fsp3) is 0.211. The lowest BCUT2D eigenvalue weighted by Crippen LogP contribution is -2.07. The SMILES string of the molecule is COc1cc2c(cc1-c1ccc(N(C)C)cc1)-c1nc(NI)sc1C2. The molecule has 0 unspecified atom stereocenters. The number of hydrogen-bond donors (Lipinski definition) is 1. The van der Waals surface area contributed by atoms with E-state index < -0.39 is 0 Å². The predicted molar refractivity (Wildman–Crippen MR) is 114 cm³/mol. The van der Waals surface area contributed by atoms with E-state index in [1.165, 1.54) is 21.7 Å². The van der Waals surface area contributed by atoms with Gasteiger partial charge in [-0.25, -0.2) is 4.98 Å². The van der Waals surface area contributed by atoms with Gasteiger partial charge in [0.25, 0.3) is 0 Å². The van der Waals surface area contributed by atoms with Gasteiger partial charge >= 0.3 is 0 Å². The molecule has 4 nitrogen and oxygen atoms in total. The highest BCUT2D eigenvalue weighted by Gasteiger charge is 2.25. The van der Waals surface area contributed by atoms with Gasteiger partial charge in [-0.3, -0.25) is 0 Å². The maximum Gasteiger partial charge on any atom is 0.192 e. The van der Waals surface area contributed by atoms with Gasteiger partial charge in [-0.1, -0.05) is 12.1 Å². The molecule has 1 N–H and O–H groups in total. The van der Waals surface area contributed by atoms with Crippen LogP contribution in [0.25, 0.3) is 22.4 Å². The van der Waals surface area contributed by atoms with E-state index in [1.54, 1.807) is 18.4 Å². The monoisotopic (exact) mass is 463 g/mol. The van der Waals surface area contributed by atoms with Gasteiger partial charge < -0.3 is 13.2 Å². The van der Waals surface area contributed by atoms with Crippen LogP contribution in [0.15, 0.2) is 36.4 Å². The standard InChI is InChI=1S/C19H18IN3OS/c1-23(2)13-6-4-11(5-7-13)14-10-15-12(8-16(14)24-3)9-17-18(15)21-19(22-20)25-17/h4-8,10H,9H2,1-3H3,(H,21,22). The smallest absolute Gasteiger partial charge is 0.192 e. The highest BCUT2D eigenvalue weighted by molar-refractivity contribution is 14.1. The van der Waals surface area contributed by atoms with E-state index in [9.17, 15) is 0 Å². The largest absolute Gasteiger partial charge is 0.496 e. The molecule has 128 valence electrons. The number of nitrogens with zero attached hydrogens (tertiary/aromatic N) is 2. The van der Waals surface area contributed by atoms with Gasteiger partial charge in [0.05, 0.1) is 35.7 Å². The van der Waals surface area contributed by atoms with Crippen molar-refractivity contribution in [3.63, 3.8) is 0 Å². The number of anilines is 2. The van der Waals surface area contributed by atoms with E-state index in [4.69, 9.17) is 9.72 Å². The van der Waals surface area contributed by atoms with Crippen LogP contribution in [0.5, 0.6) is 5.75 Å². The van der Waals surface area contributed by atoms with Crippen molar-refractivity contribution in [3.8, 4) is 28.1 Å². The zero-order valence-electron chi connectivity index (χ0n) is 14.3. The Morgan fingerprint density at radius 1 is 1.16 bits per heavy atom. The van der Waals surface area contributed by atoms with E-state index in [1.807, 2.05) is 14.1 Å². The zero-order valence-corrected chi connectivity index (χ0v) is 17.2. The van der Waals surface area contributed by atoms with Crippen LogP contribution in [0.3, 0.4) is 0 Å². The quantitative estimate of drug-likeness (QED) is 0.333. The van der Waals surface area contributed by atoms with E-state index in [0.29, 0.717) is 0 Å². The highest BCUT2D eigenvalue weighted by atomic mass is 127. The minimum atomic E-state index is 0.916. The maximum absolute atomic E-state index is 5.68. The van der Waals surface area contributed by atoms with Gasteiger partial charge in [-0.05, 0) is 35.4 Å². The van der Waals surface area contributed by atoms with E-state index in [0.717, 1.165) is 34.1 Å². The molecule has 0 saturated carbocycles. The van der Waals surface area contributed by atoms with Crippen LogP contribution in [-0.2, 0) is 6.42 Å². The molecule has 0 radical (unpaired) electrons. The van der Waals surface area contributed by atoms with Crippen molar-refractivity contribution in [2.24, 2.45) is 0 Å². The van der Waals surface area contributed by atoms with E-state index in [2.05, 4.69) is 67.7 Å². The van der Waals surface area contributed by atoms with Gasteiger partial charge in [0, 0.05) is 42.2 Å². The molecule has 2 aromatic carbocycles. The molecule has 0 spiro atoms. The molecule has 0 bridgehead atoms. The Morgan fingerprint density at radius 2 is 1.92 bits per heavy atom. The Hall–Kier alpha value is -1.80. The molecule has 0 saturated heterocycles. The summed E-state index contributed by atoms with van der Waals surface area (Å²) in [7, 11) is 5.83. The van der Waals surface area contributed by atoms with Crippen LogP contribution in [0.4, 0.5) is 10.8 Å². The number of fused-ring (bicyclic) bond motifs is 3. The van der Waals surface area contributed by atoms with Crippen molar-refractivity contribution in [1.82, 2.24) is 4.98 Å². The number of aromatic nitrogens is 1. The summed E-state index contributed by atoms with van der Waals surface area (Å²) in [5.41, 5.74) is 7.06. The maximum atomic E-state index is 5.68. The lowest BCUT2D eigenvalue weighted by atomic mass is 9.98. The first-order chi connectivity index (χ1) is 12.1. The minimum Gasteiger partial charge on any atom is -0.496 e. The predicted octanol–water partition coefficient (Wildman–Crippen LogP) is 5.22.